The summed E-state index contributed by atoms with van der Waals surface area (Å²) in [5, 5.41) is 9.17. The van der Waals surface area contributed by atoms with Crippen LogP contribution < -0.4 is 4.90 Å². The SMILES string of the molecule is CN(C(=O)c1ccccc1Cl)c1ccccc1CCCC(=O)O. The normalized spacial score (nSPS) is 10.3. The average molecular weight is 332 g/mol. The first kappa shape index (κ1) is 17.0. The number of hydrogen-bond donors (Lipinski definition) is 1. The molecule has 1 amide bonds. The van der Waals surface area contributed by atoms with Crippen molar-refractivity contribution in [3.8, 4) is 0 Å². The summed E-state index contributed by atoms with van der Waals surface area (Å²) in [5.41, 5.74) is 2.15. The minimum absolute atomic E-state index is 0.108. The van der Waals surface area contributed by atoms with Gasteiger partial charge in [-0.15, -0.1) is 0 Å². The summed E-state index contributed by atoms with van der Waals surface area (Å²) in [6, 6.07) is 14.4. The number of aliphatic carboxylic acids is 1. The molecule has 0 aliphatic heterocycles. The van der Waals surface area contributed by atoms with Gasteiger partial charge in [-0.1, -0.05) is 41.9 Å². The van der Waals surface area contributed by atoms with Gasteiger partial charge in [0.2, 0.25) is 0 Å². The van der Waals surface area contributed by atoms with Crippen molar-refractivity contribution in [2.75, 3.05) is 11.9 Å². The number of carbonyl (C=O) groups excluding carboxylic acids is 1. The Bertz CT molecular complexity index is 715. The fourth-order valence-electron chi connectivity index (χ4n) is 2.40. The molecule has 2 aromatic rings. The topological polar surface area (TPSA) is 57.6 Å². The maximum absolute atomic E-state index is 12.6. The van der Waals surface area contributed by atoms with E-state index in [0.29, 0.717) is 23.4 Å². The molecule has 0 spiro atoms. The van der Waals surface area contributed by atoms with E-state index in [1.54, 1.807) is 36.2 Å². The predicted octanol–water partition coefficient (Wildman–Crippen LogP) is 4.02. The Balaban J connectivity index is 2.22. The molecule has 0 heterocycles. The lowest BCUT2D eigenvalue weighted by Crippen LogP contribution is -2.27. The van der Waals surface area contributed by atoms with Gasteiger partial charge in [-0.2, -0.15) is 0 Å². The van der Waals surface area contributed by atoms with Crippen LogP contribution in [-0.4, -0.2) is 24.0 Å². The number of carbonyl (C=O) groups is 2. The molecule has 0 fully saturated rings. The van der Waals surface area contributed by atoms with Gasteiger partial charge < -0.3 is 10.0 Å². The lowest BCUT2D eigenvalue weighted by Gasteiger charge is -2.21. The molecule has 2 aromatic carbocycles. The third kappa shape index (κ3) is 4.33. The molecule has 5 heteroatoms. The Hall–Kier alpha value is -2.33. The molecular weight excluding hydrogens is 314 g/mol. The van der Waals surface area contributed by atoms with Crippen LogP contribution in [0.3, 0.4) is 0 Å². The number of hydrogen-bond acceptors (Lipinski definition) is 2. The molecule has 0 aliphatic rings. The number of benzene rings is 2. The second kappa shape index (κ2) is 7.79. The summed E-state index contributed by atoms with van der Waals surface area (Å²) in [4.78, 5) is 24.9. The van der Waals surface area contributed by atoms with E-state index in [0.717, 1.165) is 11.3 Å². The minimum atomic E-state index is -0.817. The molecule has 120 valence electrons. The predicted molar refractivity (Wildman–Crippen MR) is 91.2 cm³/mol. The number of para-hydroxylation sites is 1. The largest absolute Gasteiger partial charge is 0.481 e. The highest BCUT2D eigenvalue weighted by Crippen LogP contribution is 2.25. The standard InChI is InChI=1S/C18H18ClNO3/c1-20(18(23)14-9-3-4-10-15(14)19)16-11-5-2-7-13(16)8-6-12-17(21)22/h2-5,7,9-11H,6,8,12H2,1H3,(H,21,22). The fraction of sp³-hybridized carbons (Fsp3) is 0.222. The molecule has 1 N–H and O–H groups in total. The first-order chi connectivity index (χ1) is 11.0. The quantitative estimate of drug-likeness (QED) is 0.869. The minimum Gasteiger partial charge on any atom is -0.481 e. The van der Waals surface area contributed by atoms with Crippen LogP contribution in [0.4, 0.5) is 5.69 Å². The van der Waals surface area contributed by atoms with Crippen LogP contribution in [0, 0.1) is 0 Å². The highest BCUT2D eigenvalue weighted by atomic mass is 35.5. The van der Waals surface area contributed by atoms with Gasteiger partial charge in [0.1, 0.15) is 0 Å². The van der Waals surface area contributed by atoms with Crippen LogP contribution in [0.1, 0.15) is 28.8 Å². The van der Waals surface area contributed by atoms with Gasteiger partial charge in [-0.3, -0.25) is 9.59 Å². The highest BCUT2D eigenvalue weighted by molar-refractivity contribution is 6.34. The molecule has 0 unspecified atom stereocenters. The van der Waals surface area contributed by atoms with E-state index in [1.807, 2.05) is 24.3 Å². The van der Waals surface area contributed by atoms with Gasteiger partial charge in [0.15, 0.2) is 0 Å². The molecule has 2 rings (SSSR count). The van der Waals surface area contributed by atoms with Crippen LogP contribution in [0.15, 0.2) is 48.5 Å². The van der Waals surface area contributed by atoms with Crippen molar-refractivity contribution in [2.45, 2.75) is 19.3 Å². The number of carboxylic acid groups (broad SMARTS) is 1. The van der Waals surface area contributed by atoms with Crippen LogP contribution in [0.2, 0.25) is 5.02 Å². The molecular formula is C18H18ClNO3. The molecule has 0 atom stereocenters. The first-order valence-corrected chi connectivity index (χ1v) is 7.71. The number of aryl methyl sites for hydroxylation is 1. The number of anilines is 1. The maximum Gasteiger partial charge on any atom is 0.303 e. The van der Waals surface area contributed by atoms with Crippen LogP contribution >= 0.6 is 11.6 Å². The Morgan fingerprint density at radius 2 is 1.74 bits per heavy atom. The maximum atomic E-state index is 12.6. The lowest BCUT2D eigenvalue weighted by atomic mass is 10.0. The molecule has 4 nitrogen and oxygen atoms in total. The monoisotopic (exact) mass is 331 g/mol. The summed E-state index contributed by atoms with van der Waals surface area (Å²) in [6.07, 6.45) is 1.24. The van der Waals surface area contributed by atoms with E-state index in [4.69, 9.17) is 16.7 Å². The Morgan fingerprint density at radius 3 is 2.43 bits per heavy atom. The van der Waals surface area contributed by atoms with Crippen molar-refractivity contribution in [1.29, 1.82) is 0 Å². The van der Waals surface area contributed by atoms with Crippen molar-refractivity contribution in [3.63, 3.8) is 0 Å². The summed E-state index contributed by atoms with van der Waals surface area (Å²) in [5.74, 6) is -1.01. The molecule has 23 heavy (non-hydrogen) atoms. The summed E-state index contributed by atoms with van der Waals surface area (Å²) < 4.78 is 0. The summed E-state index contributed by atoms with van der Waals surface area (Å²) in [7, 11) is 1.70. The van der Waals surface area contributed by atoms with Gasteiger partial charge in [0.25, 0.3) is 5.91 Å². The first-order valence-electron chi connectivity index (χ1n) is 7.33. The smallest absolute Gasteiger partial charge is 0.303 e. The van der Waals surface area contributed by atoms with E-state index < -0.39 is 5.97 Å². The van der Waals surface area contributed by atoms with Crippen molar-refractivity contribution < 1.29 is 14.7 Å². The van der Waals surface area contributed by atoms with E-state index in [1.165, 1.54) is 0 Å². The Kier molecular flexibility index (Phi) is 5.77. The second-order valence-corrected chi connectivity index (χ2v) is 5.63. The number of nitrogens with zero attached hydrogens (tertiary/aromatic N) is 1. The number of carboxylic acids is 1. The van der Waals surface area contributed by atoms with E-state index >= 15 is 0 Å². The van der Waals surface area contributed by atoms with Gasteiger partial charge in [-0.05, 0) is 36.6 Å². The fourth-order valence-corrected chi connectivity index (χ4v) is 2.62. The Labute approximate surface area is 140 Å². The molecule has 0 aromatic heterocycles. The van der Waals surface area contributed by atoms with Crippen molar-refractivity contribution in [1.82, 2.24) is 0 Å². The molecule has 0 saturated carbocycles. The Morgan fingerprint density at radius 1 is 1.09 bits per heavy atom. The third-order valence-corrected chi connectivity index (χ3v) is 3.93. The van der Waals surface area contributed by atoms with Crippen LogP contribution in [-0.2, 0) is 11.2 Å². The van der Waals surface area contributed by atoms with Gasteiger partial charge in [-0.25, -0.2) is 0 Å². The number of rotatable bonds is 6. The van der Waals surface area contributed by atoms with E-state index in [-0.39, 0.29) is 12.3 Å². The van der Waals surface area contributed by atoms with Gasteiger partial charge in [0, 0.05) is 19.2 Å². The van der Waals surface area contributed by atoms with Crippen molar-refractivity contribution in [3.05, 3.63) is 64.7 Å². The third-order valence-electron chi connectivity index (χ3n) is 3.60. The highest BCUT2D eigenvalue weighted by Gasteiger charge is 2.18. The zero-order chi connectivity index (χ0) is 16.8. The summed E-state index contributed by atoms with van der Waals surface area (Å²) >= 11 is 6.10. The lowest BCUT2D eigenvalue weighted by molar-refractivity contribution is -0.137. The molecule has 0 radical (unpaired) electrons. The zero-order valence-electron chi connectivity index (χ0n) is 12.8. The van der Waals surface area contributed by atoms with E-state index in [9.17, 15) is 9.59 Å². The van der Waals surface area contributed by atoms with Crippen molar-refractivity contribution >= 4 is 29.2 Å². The molecule has 0 bridgehead atoms. The van der Waals surface area contributed by atoms with Gasteiger partial charge in [0.05, 0.1) is 10.6 Å². The van der Waals surface area contributed by atoms with E-state index in [2.05, 4.69) is 0 Å². The molecule has 0 saturated heterocycles. The summed E-state index contributed by atoms with van der Waals surface area (Å²) in [6.45, 7) is 0. The van der Waals surface area contributed by atoms with Crippen LogP contribution in [0.25, 0.3) is 0 Å². The number of halogens is 1. The second-order valence-electron chi connectivity index (χ2n) is 5.22. The molecule has 0 aliphatic carbocycles. The zero-order valence-corrected chi connectivity index (χ0v) is 13.6. The van der Waals surface area contributed by atoms with Gasteiger partial charge >= 0.3 is 5.97 Å². The van der Waals surface area contributed by atoms with Crippen LogP contribution in [0.5, 0.6) is 0 Å². The number of amides is 1. The average Bonchev–Trinajstić information content (AvgIpc) is 2.54. The van der Waals surface area contributed by atoms with Crippen molar-refractivity contribution in [2.24, 2.45) is 0 Å².